The van der Waals surface area contributed by atoms with Gasteiger partial charge < -0.3 is 23.4 Å². The molecule has 0 atom stereocenters. The molecule has 2 N–H and O–H groups in total. The van der Waals surface area contributed by atoms with Crippen LogP contribution in [-0.4, -0.2) is 15.9 Å². The third-order valence-electron chi connectivity index (χ3n) is 4.72. The molecule has 34 heavy (non-hydrogen) atoms. The normalized spacial score (nSPS) is 14.4. The van der Waals surface area contributed by atoms with E-state index in [-0.39, 0.29) is 6.10 Å². The maximum absolute atomic E-state index is 13.1. The van der Waals surface area contributed by atoms with E-state index in [1.54, 1.807) is 72.8 Å². The quantitative estimate of drug-likeness (QED) is 0.322. The van der Waals surface area contributed by atoms with E-state index in [1.807, 2.05) is 18.2 Å². The monoisotopic (exact) mass is 506 g/mol. The van der Waals surface area contributed by atoms with E-state index in [9.17, 15) is 9.13 Å². The Morgan fingerprint density at radius 2 is 0.941 bits per heavy atom. The van der Waals surface area contributed by atoms with Gasteiger partial charge >= 0.3 is 15.6 Å². The third kappa shape index (κ3) is 9.72. The van der Waals surface area contributed by atoms with Gasteiger partial charge in [-0.3, -0.25) is 4.52 Å². The summed E-state index contributed by atoms with van der Waals surface area (Å²) in [6.07, 6.45) is 4.54. The first kappa shape index (κ1) is 26.0. The van der Waals surface area contributed by atoms with Crippen LogP contribution < -0.4 is 13.6 Å². The average Bonchev–Trinajstić information content (AvgIpc) is 2.81. The summed E-state index contributed by atoms with van der Waals surface area (Å²) in [6.45, 7) is 0. The van der Waals surface area contributed by atoms with E-state index in [0.29, 0.717) is 17.2 Å². The lowest BCUT2D eigenvalue weighted by Crippen LogP contribution is -2.14. The minimum Gasteiger partial charge on any atom is -0.386 e. The number of phosphoric acid groups is 2. The first-order chi connectivity index (χ1) is 16.3. The largest absolute Gasteiger partial charge is 0.647 e. The highest BCUT2D eigenvalue weighted by Crippen LogP contribution is 2.49. The van der Waals surface area contributed by atoms with Crippen molar-refractivity contribution in [3.63, 3.8) is 0 Å². The summed E-state index contributed by atoms with van der Waals surface area (Å²) in [5.41, 5.74) is 0. The minimum atomic E-state index is -4.23. The van der Waals surface area contributed by atoms with Crippen LogP contribution in [0.5, 0.6) is 17.2 Å². The van der Waals surface area contributed by atoms with Gasteiger partial charge in [0, 0.05) is 0 Å². The van der Waals surface area contributed by atoms with Crippen LogP contribution >= 0.6 is 15.6 Å². The summed E-state index contributed by atoms with van der Waals surface area (Å²) in [6, 6.07) is 26.4. The van der Waals surface area contributed by atoms with Crippen molar-refractivity contribution in [3.8, 4) is 17.2 Å². The molecule has 1 aliphatic carbocycles. The Bertz CT molecular complexity index is 960. The van der Waals surface area contributed by atoms with Crippen LogP contribution in [0.15, 0.2) is 91.0 Å². The number of phosphoric ester groups is 2. The molecular formula is C24H28O8P2. The van der Waals surface area contributed by atoms with Crippen LogP contribution in [0.25, 0.3) is 0 Å². The van der Waals surface area contributed by atoms with Gasteiger partial charge in [0.25, 0.3) is 0 Å². The van der Waals surface area contributed by atoms with E-state index in [0.717, 1.165) is 32.1 Å². The molecule has 0 aliphatic heterocycles. The van der Waals surface area contributed by atoms with Crippen LogP contribution in [0.4, 0.5) is 0 Å². The maximum atomic E-state index is 13.1. The standard InChI is InChI=1S/C18H15O4P.C6H13O4P/c19-23(20-16-10-4-1-5-11-16,21-17-12-6-2-7-13-17)22-18-14-8-3-9-15-18;7-11(8,9)10-6-4-2-1-3-5-6/h1-15H;6H,1-5H2,(H2,7,8,9). The Morgan fingerprint density at radius 3 is 1.26 bits per heavy atom. The molecule has 3 aromatic carbocycles. The van der Waals surface area contributed by atoms with Gasteiger partial charge in [0.15, 0.2) is 0 Å². The Morgan fingerprint density at radius 1 is 0.588 bits per heavy atom. The summed E-state index contributed by atoms with van der Waals surface area (Å²) in [4.78, 5) is 16.9. The molecule has 1 aliphatic rings. The van der Waals surface area contributed by atoms with Crippen molar-refractivity contribution in [2.45, 2.75) is 38.2 Å². The second-order valence-corrected chi connectivity index (χ2v) is 10.2. The van der Waals surface area contributed by atoms with Gasteiger partial charge in [0.1, 0.15) is 17.2 Å². The van der Waals surface area contributed by atoms with Gasteiger partial charge in [-0.05, 0) is 49.2 Å². The van der Waals surface area contributed by atoms with Crippen LogP contribution in [-0.2, 0) is 13.7 Å². The molecule has 182 valence electrons. The van der Waals surface area contributed by atoms with Gasteiger partial charge in [0.2, 0.25) is 0 Å². The molecule has 0 spiro atoms. The van der Waals surface area contributed by atoms with Crippen LogP contribution in [0.1, 0.15) is 32.1 Å². The molecule has 1 saturated carbocycles. The lowest BCUT2D eigenvalue weighted by atomic mass is 9.98. The molecule has 0 aromatic heterocycles. The smallest absolute Gasteiger partial charge is 0.386 e. The lowest BCUT2D eigenvalue weighted by molar-refractivity contribution is 0.104. The molecule has 8 nitrogen and oxygen atoms in total. The molecular weight excluding hydrogens is 478 g/mol. The Labute approximate surface area is 199 Å². The van der Waals surface area contributed by atoms with Crippen molar-refractivity contribution in [2.75, 3.05) is 0 Å². The van der Waals surface area contributed by atoms with Gasteiger partial charge in [-0.2, -0.15) is 4.57 Å². The van der Waals surface area contributed by atoms with Gasteiger partial charge in [-0.1, -0.05) is 73.9 Å². The molecule has 0 bridgehead atoms. The summed E-state index contributed by atoms with van der Waals surface area (Å²) in [5.74, 6) is 1.22. The predicted octanol–water partition coefficient (Wildman–Crippen LogP) is 6.76. The van der Waals surface area contributed by atoms with Gasteiger partial charge in [-0.15, -0.1) is 0 Å². The first-order valence-corrected chi connectivity index (χ1v) is 13.9. The van der Waals surface area contributed by atoms with Crippen LogP contribution in [0.3, 0.4) is 0 Å². The van der Waals surface area contributed by atoms with Crippen molar-refractivity contribution >= 4 is 15.6 Å². The van der Waals surface area contributed by atoms with E-state index < -0.39 is 15.6 Å². The number of benzene rings is 3. The molecule has 4 rings (SSSR count). The number of rotatable bonds is 8. The fourth-order valence-electron chi connectivity index (χ4n) is 3.25. The summed E-state index contributed by atoms with van der Waals surface area (Å²) >= 11 is 0. The summed E-state index contributed by atoms with van der Waals surface area (Å²) in [7, 11) is -8.12. The molecule has 0 saturated heterocycles. The lowest BCUT2D eigenvalue weighted by Gasteiger charge is -2.21. The predicted molar refractivity (Wildman–Crippen MR) is 129 cm³/mol. The highest BCUT2D eigenvalue weighted by Gasteiger charge is 2.33. The zero-order valence-corrected chi connectivity index (χ0v) is 20.3. The number of para-hydroxylation sites is 3. The molecule has 3 aromatic rings. The Kier molecular flexibility index (Phi) is 9.75. The highest BCUT2D eigenvalue weighted by molar-refractivity contribution is 7.49. The zero-order valence-electron chi connectivity index (χ0n) is 18.5. The second-order valence-electron chi connectivity index (χ2n) is 7.52. The van der Waals surface area contributed by atoms with Crippen molar-refractivity contribution in [1.82, 2.24) is 0 Å². The minimum absolute atomic E-state index is 0.218. The van der Waals surface area contributed by atoms with Crippen molar-refractivity contribution in [3.05, 3.63) is 91.0 Å². The molecule has 0 heterocycles. The van der Waals surface area contributed by atoms with Gasteiger partial charge in [-0.25, -0.2) is 4.57 Å². The molecule has 0 amide bonds. The summed E-state index contributed by atoms with van der Waals surface area (Å²) < 4.78 is 44.5. The average molecular weight is 506 g/mol. The maximum Gasteiger partial charge on any atom is 0.647 e. The van der Waals surface area contributed by atoms with E-state index in [4.69, 9.17) is 23.4 Å². The Hall–Kier alpha value is -2.60. The van der Waals surface area contributed by atoms with Crippen LogP contribution in [0, 0.1) is 0 Å². The molecule has 1 fully saturated rings. The highest BCUT2D eigenvalue weighted by atomic mass is 31.2. The molecule has 0 radical (unpaired) electrons. The van der Waals surface area contributed by atoms with E-state index >= 15 is 0 Å². The van der Waals surface area contributed by atoms with Crippen molar-refractivity contribution < 1.29 is 37.0 Å². The fraction of sp³-hybridized carbons (Fsp3) is 0.250. The fourth-order valence-corrected chi connectivity index (χ4v) is 5.10. The molecule has 10 heteroatoms. The SMILES string of the molecule is O=P(O)(O)OC1CCCCC1.O=P(Oc1ccccc1)(Oc1ccccc1)Oc1ccccc1. The number of hydrogen-bond donors (Lipinski definition) is 2. The Balaban J connectivity index is 0.000000248. The first-order valence-electron chi connectivity index (χ1n) is 10.9. The third-order valence-corrected chi connectivity index (χ3v) is 6.60. The zero-order chi connectivity index (χ0) is 24.3. The van der Waals surface area contributed by atoms with Crippen LogP contribution in [0.2, 0.25) is 0 Å². The molecule has 0 unspecified atom stereocenters. The van der Waals surface area contributed by atoms with Crippen molar-refractivity contribution in [2.24, 2.45) is 0 Å². The topological polar surface area (TPSA) is 112 Å². The summed E-state index contributed by atoms with van der Waals surface area (Å²) in [5, 5.41) is 0. The number of hydrogen-bond acceptors (Lipinski definition) is 6. The van der Waals surface area contributed by atoms with Gasteiger partial charge in [0.05, 0.1) is 6.10 Å². The van der Waals surface area contributed by atoms with E-state index in [1.165, 1.54) is 0 Å². The van der Waals surface area contributed by atoms with Crippen molar-refractivity contribution in [1.29, 1.82) is 0 Å². The second kappa shape index (κ2) is 12.7. The van der Waals surface area contributed by atoms with E-state index in [2.05, 4.69) is 4.52 Å².